The Morgan fingerprint density at radius 2 is 1.76 bits per heavy atom. The molecule has 1 unspecified atom stereocenters. The summed E-state index contributed by atoms with van der Waals surface area (Å²) in [7, 11) is 2.00. The largest absolute Gasteiger partial charge is 0.305 e. The molecule has 0 spiro atoms. The van der Waals surface area contributed by atoms with E-state index in [1.807, 2.05) is 11.7 Å². The number of rotatable bonds is 4. The Morgan fingerprint density at radius 3 is 2.24 bits per heavy atom. The molecule has 0 saturated heterocycles. The second-order valence-electron chi connectivity index (χ2n) is 6.86. The van der Waals surface area contributed by atoms with E-state index in [4.69, 9.17) is 0 Å². The molecule has 114 valence electrons. The molecule has 21 heavy (non-hydrogen) atoms. The van der Waals surface area contributed by atoms with Crippen molar-refractivity contribution in [3.05, 3.63) is 52.8 Å². The maximum absolute atomic E-state index is 4.50. The molecule has 1 aromatic heterocycles. The molecule has 0 aliphatic heterocycles. The molecule has 1 atom stereocenters. The first-order chi connectivity index (χ1) is 9.80. The number of nitrogens with zero attached hydrogens (tertiary/aromatic N) is 2. The fourth-order valence-corrected chi connectivity index (χ4v) is 2.85. The quantitative estimate of drug-likeness (QED) is 0.923. The lowest BCUT2D eigenvalue weighted by molar-refractivity contribution is 0.270. The van der Waals surface area contributed by atoms with Crippen LogP contribution in [0.2, 0.25) is 0 Å². The zero-order valence-corrected chi connectivity index (χ0v) is 14.1. The van der Waals surface area contributed by atoms with Crippen LogP contribution in [0.25, 0.3) is 0 Å². The van der Waals surface area contributed by atoms with Crippen LogP contribution in [0.5, 0.6) is 0 Å². The summed E-state index contributed by atoms with van der Waals surface area (Å²) in [5.74, 6) is 0. The maximum Gasteiger partial charge on any atom is 0.0641 e. The molecule has 3 nitrogen and oxygen atoms in total. The summed E-state index contributed by atoms with van der Waals surface area (Å²) in [6.07, 6.45) is 0. The van der Waals surface area contributed by atoms with Gasteiger partial charge >= 0.3 is 0 Å². The van der Waals surface area contributed by atoms with E-state index >= 15 is 0 Å². The van der Waals surface area contributed by atoms with Crippen LogP contribution in [-0.2, 0) is 13.6 Å². The standard InChI is InChI=1S/C18H27N3/c1-13-16(14(2)21(6)20-13)12-19-17(18(3,4)5)15-10-8-7-9-11-15/h7-11,17,19H,12H2,1-6H3. The first kappa shape index (κ1) is 15.8. The van der Waals surface area contributed by atoms with Crippen molar-refractivity contribution in [2.75, 3.05) is 0 Å². The van der Waals surface area contributed by atoms with Gasteiger partial charge in [-0.05, 0) is 24.8 Å². The molecule has 0 aliphatic carbocycles. The Labute approximate surface area is 128 Å². The van der Waals surface area contributed by atoms with Crippen LogP contribution in [0, 0.1) is 19.3 Å². The van der Waals surface area contributed by atoms with Crippen molar-refractivity contribution < 1.29 is 0 Å². The van der Waals surface area contributed by atoms with Crippen molar-refractivity contribution in [1.82, 2.24) is 15.1 Å². The lowest BCUT2D eigenvalue weighted by atomic mass is 9.82. The van der Waals surface area contributed by atoms with E-state index in [0.717, 1.165) is 12.2 Å². The van der Waals surface area contributed by atoms with Gasteiger partial charge in [0, 0.05) is 30.9 Å². The lowest BCUT2D eigenvalue weighted by Crippen LogP contribution is -2.32. The summed E-state index contributed by atoms with van der Waals surface area (Å²) in [5, 5.41) is 8.23. The highest BCUT2D eigenvalue weighted by Crippen LogP contribution is 2.33. The van der Waals surface area contributed by atoms with E-state index in [9.17, 15) is 0 Å². The summed E-state index contributed by atoms with van der Waals surface area (Å²) < 4.78 is 1.96. The minimum Gasteiger partial charge on any atom is -0.305 e. The van der Waals surface area contributed by atoms with Gasteiger partial charge in [-0.15, -0.1) is 0 Å². The van der Waals surface area contributed by atoms with Crippen LogP contribution in [0.1, 0.15) is 49.3 Å². The SMILES string of the molecule is Cc1nn(C)c(C)c1CNC(c1ccccc1)C(C)(C)C. The molecule has 1 heterocycles. The predicted octanol–water partition coefficient (Wildman–Crippen LogP) is 3.91. The average Bonchev–Trinajstić information content (AvgIpc) is 2.65. The van der Waals surface area contributed by atoms with Gasteiger partial charge < -0.3 is 5.32 Å². The van der Waals surface area contributed by atoms with Gasteiger partial charge in [-0.2, -0.15) is 5.10 Å². The molecule has 1 aromatic carbocycles. The van der Waals surface area contributed by atoms with E-state index in [1.165, 1.54) is 16.8 Å². The van der Waals surface area contributed by atoms with Crippen molar-refractivity contribution in [1.29, 1.82) is 0 Å². The van der Waals surface area contributed by atoms with Gasteiger partial charge in [-0.3, -0.25) is 4.68 Å². The molecule has 0 amide bonds. The topological polar surface area (TPSA) is 29.9 Å². The fraction of sp³-hybridized carbons (Fsp3) is 0.500. The molecule has 0 bridgehead atoms. The van der Waals surface area contributed by atoms with Gasteiger partial charge in [-0.25, -0.2) is 0 Å². The molecule has 0 saturated carbocycles. The zero-order chi connectivity index (χ0) is 15.6. The third kappa shape index (κ3) is 3.53. The highest BCUT2D eigenvalue weighted by Gasteiger charge is 2.26. The fourth-order valence-electron chi connectivity index (χ4n) is 2.85. The van der Waals surface area contributed by atoms with E-state index in [1.54, 1.807) is 0 Å². The van der Waals surface area contributed by atoms with E-state index in [0.29, 0.717) is 6.04 Å². The first-order valence-corrected chi connectivity index (χ1v) is 7.58. The summed E-state index contributed by atoms with van der Waals surface area (Å²) in [6.45, 7) is 11.9. The van der Waals surface area contributed by atoms with Crippen LogP contribution in [0.15, 0.2) is 30.3 Å². The van der Waals surface area contributed by atoms with Crippen LogP contribution < -0.4 is 5.32 Å². The third-order valence-corrected chi connectivity index (χ3v) is 4.14. The number of aryl methyl sites for hydroxylation is 2. The van der Waals surface area contributed by atoms with E-state index in [-0.39, 0.29) is 5.41 Å². The number of hydrogen-bond donors (Lipinski definition) is 1. The third-order valence-electron chi connectivity index (χ3n) is 4.14. The van der Waals surface area contributed by atoms with Gasteiger partial charge in [0.25, 0.3) is 0 Å². The zero-order valence-electron chi connectivity index (χ0n) is 14.1. The number of nitrogens with one attached hydrogen (secondary N) is 1. The van der Waals surface area contributed by atoms with Gasteiger partial charge in [0.15, 0.2) is 0 Å². The Balaban J connectivity index is 2.21. The summed E-state index contributed by atoms with van der Waals surface area (Å²) in [5.41, 5.74) is 5.15. The molecule has 1 N–H and O–H groups in total. The summed E-state index contributed by atoms with van der Waals surface area (Å²) in [4.78, 5) is 0. The van der Waals surface area contributed by atoms with Gasteiger partial charge in [0.1, 0.15) is 0 Å². The van der Waals surface area contributed by atoms with Crippen molar-refractivity contribution in [3.8, 4) is 0 Å². The average molecular weight is 285 g/mol. The second kappa shape index (κ2) is 6.02. The monoisotopic (exact) mass is 285 g/mol. The Kier molecular flexibility index (Phi) is 4.52. The highest BCUT2D eigenvalue weighted by molar-refractivity contribution is 5.26. The Hall–Kier alpha value is -1.61. The normalized spacial score (nSPS) is 13.4. The molecule has 0 radical (unpaired) electrons. The summed E-state index contributed by atoms with van der Waals surface area (Å²) in [6, 6.07) is 11.0. The first-order valence-electron chi connectivity index (χ1n) is 7.58. The minimum atomic E-state index is 0.158. The van der Waals surface area contributed by atoms with Crippen LogP contribution in [-0.4, -0.2) is 9.78 Å². The number of benzene rings is 1. The van der Waals surface area contributed by atoms with Crippen molar-refractivity contribution in [3.63, 3.8) is 0 Å². The van der Waals surface area contributed by atoms with Crippen LogP contribution in [0.4, 0.5) is 0 Å². The van der Waals surface area contributed by atoms with Crippen LogP contribution in [0.3, 0.4) is 0 Å². The second-order valence-corrected chi connectivity index (χ2v) is 6.86. The molecule has 0 fully saturated rings. The number of hydrogen-bond acceptors (Lipinski definition) is 2. The Bertz CT molecular complexity index is 591. The van der Waals surface area contributed by atoms with Gasteiger partial charge in [0.2, 0.25) is 0 Å². The van der Waals surface area contributed by atoms with E-state index < -0.39 is 0 Å². The Morgan fingerprint density at radius 1 is 1.14 bits per heavy atom. The number of aromatic nitrogens is 2. The smallest absolute Gasteiger partial charge is 0.0641 e. The minimum absolute atomic E-state index is 0.158. The molecular weight excluding hydrogens is 258 g/mol. The molecule has 2 rings (SSSR count). The van der Waals surface area contributed by atoms with E-state index in [2.05, 4.69) is 75.4 Å². The maximum atomic E-state index is 4.50. The van der Waals surface area contributed by atoms with Gasteiger partial charge in [-0.1, -0.05) is 51.1 Å². The molecule has 3 heteroatoms. The van der Waals surface area contributed by atoms with Crippen molar-refractivity contribution >= 4 is 0 Å². The predicted molar refractivity (Wildman–Crippen MR) is 88.2 cm³/mol. The molecule has 2 aromatic rings. The van der Waals surface area contributed by atoms with Crippen LogP contribution >= 0.6 is 0 Å². The lowest BCUT2D eigenvalue weighted by Gasteiger charge is -2.32. The molecule has 0 aliphatic rings. The van der Waals surface area contributed by atoms with Crippen molar-refractivity contribution in [2.45, 2.75) is 47.2 Å². The highest BCUT2D eigenvalue weighted by atomic mass is 15.3. The van der Waals surface area contributed by atoms with Crippen molar-refractivity contribution in [2.24, 2.45) is 12.5 Å². The molecular formula is C18H27N3. The van der Waals surface area contributed by atoms with Gasteiger partial charge in [0.05, 0.1) is 5.69 Å². The summed E-state index contributed by atoms with van der Waals surface area (Å²) >= 11 is 0.